The Morgan fingerprint density at radius 3 is 2.85 bits per heavy atom. The summed E-state index contributed by atoms with van der Waals surface area (Å²) in [5, 5.41) is 2.83. The van der Waals surface area contributed by atoms with Crippen LogP contribution >= 0.6 is 23.1 Å². The third kappa shape index (κ3) is 3.73. The molecule has 0 aliphatic carbocycles. The Hall–Kier alpha value is -1.99. The predicted octanol–water partition coefficient (Wildman–Crippen LogP) is 4.36. The fraction of sp³-hybridized carbons (Fsp3) is 0.368. The lowest BCUT2D eigenvalue weighted by Crippen LogP contribution is -2.29. The smallest absolute Gasteiger partial charge is 0.185 e. The van der Waals surface area contributed by atoms with Crippen LogP contribution in [0.5, 0.6) is 0 Å². The van der Waals surface area contributed by atoms with Gasteiger partial charge in [-0.25, -0.2) is 15.0 Å². The van der Waals surface area contributed by atoms with Gasteiger partial charge in [-0.2, -0.15) is 0 Å². The number of hydrogen-bond acceptors (Lipinski definition) is 7. The second-order valence-corrected chi connectivity index (χ2v) is 8.33. The lowest BCUT2D eigenvalue weighted by atomic mass is 10.1. The Balaban J connectivity index is 1.47. The van der Waals surface area contributed by atoms with Gasteiger partial charge in [-0.05, 0) is 32.3 Å². The molecule has 134 valence electrons. The summed E-state index contributed by atoms with van der Waals surface area (Å²) in [6, 6.07) is 7.92. The number of aryl methyl sites for hydroxylation is 1. The number of hydrogen-bond donors (Lipinski definition) is 0. The Morgan fingerprint density at radius 2 is 2.00 bits per heavy atom. The van der Waals surface area contributed by atoms with E-state index in [1.807, 2.05) is 31.2 Å². The van der Waals surface area contributed by atoms with Crippen molar-refractivity contribution in [2.24, 2.45) is 0 Å². The molecule has 3 aromatic rings. The average molecular weight is 385 g/mol. The van der Waals surface area contributed by atoms with Crippen molar-refractivity contribution in [1.29, 1.82) is 0 Å². The fourth-order valence-electron chi connectivity index (χ4n) is 3.10. The highest BCUT2D eigenvalue weighted by atomic mass is 32.2. The molecule has 3 heterocycles. The van der Waals surface area contributed by atoms with Crippen molar-refractivity contribution in [1.82, 2.24) is 15.0 Å². The molecular formula is C19H20N4OS2. The number of carbonyl (C=O) groups excluding carboxylic acids is 1. The number of Topliss-reactive ketones (excluding diaryl/α,β-unsaturated/α-hetero) is 1. The summed E-state index contributed by atoms with van der Waals surface area (Å²) in [6.07, 6.45) is 5.43. The number of nitrogens with zero attached hydrogens (tertiary/aromatic N) is 4. The lowest BCUT2D eigenvalue weighted by molar-refractivity contribution is 0.102. The van der Waals surface area contributed by atoms with Gasteiger partial charge in [-0.1, -0.05) is 41.3 Å². The fourth-order valence-corrected chi connectivity index (χ4v) is 5.04. The van der Waals surface area contributed by atoms with Gasteiger partial charge in [-0.3, -0.25) is 4.79 Å². The van der Waals surface area contributed by atoms with Crippen molar-refractivity contribution in [3.63, 3.8) is 0 Å². The normalized spacial score (nSPS) is 14.7. The van der Waals surface area contributed by atoms with Gasteiger partial charge in [0.1, 0.15) is 10.9 Å². The van der Waals surface area contributed by atoms with Gasteiger partial charge >= 0.3 is 0 Å². The zero-order chi connectivity index (χ0) is 17.9. The van der Waals surface area contributed by atoms with Crippen LogP contribution in [-0.2, 0) is 0 Å². The van der Waals surface area contributed by atoms with Gasteiger partial charge in [0, 0.05) is 18.5 Å². The van der Waals surface area contributed by atoms with Gasteiger partial charge < -0.3 is 4.90 Å². The first-order chi connectivity index (χ1) is 12.7. The van der Waals surface area contributed by atoms with Crippen molar-refractivity contribution in [3.05, 3.63) is 41.2 Å². The molecule has 1 aliphatic heterocycles. The molecule has 1 aliphatic rings. The maximum Gasteiger partial charge on any atom is 0.185 e. The predicted molar refractivity (Wildman–Crippen MR) is 108 cm³/mol. The minimum atomic E-state index is 0.108. The van der Waals surface area contributed by atoms with Crippen LogP contribution in [0.3, 0.4) is 0 Å². The summed E-state index contributed by atoms with van der Waals surface area (Å²) in [6.45, 7) is 3.97. The highest BCUT2D eigenvalue weighted by Gasteiger charge is 2.18. The molecule has 0 atom stereocenters. The molecule has 7 heteroatoms. The Kier molecular flexibility index (Phi) is 5.17. The number of rotatable bonds is 5. The number of thiazole rings is 1. The van der Waals surface area contributed by atoms with Crippen molar-refractivity contribution in [3.8, 4) is 0 Å². The third-order valence-corrected chi connectivity index (χ3v) is 6.51. The van der Waals surface area contributed by atoms with Crippen LogP contribution in [0.1, 0.15) is 34.8 Å². The molecule has 0 radical (unpaired) electrons. The van der Waals surface area contributed by atoms with Crippen LogP contribution < -0.4 is 4.90 Å². The van der Waals surface area contributed by atoms with Crippen LogP contribution in [0.25, 0.3) is 10.9 Å². The number of thioether (sulfide) groups is 1. The number of fused-ring (bicyclic) bond motifs is 1. The summed E-state index contributed by atoms with van der Waals surface area (Å²) in [7, 11) is 0. The van der Waals surface area contributed by atoms with Crippen molar-refractivity contribution in [2.45, 2.75) is 31.2 Å². The molecule has 0 bridgehead atoms. The van der Waals surface area contributed by atoms with Crippen molar-refractivity contribution >= 4 is 44.9 Å². The van der Waals surface area contributed by atoms with Crippen LogP contribution in [0.4, 0.5) is 5.13 Å². The summed E-state index contributed by atoms with van der Waals surface area (Å²) in [5.41, 5.74) is 0.917. The number of anilines is 1. The number of benzene rings is 1. The first kappa shape index (κ1) is 17.4. The number of para-hydroxylation sites is 1. The van der Waals surface area contributed by atoms with E-state index in [1.165, 1.54) is 42.4 Å². The van der Waals surface area contributed by atoms with Gasteiger partial charge in [0.05, 0.1) is 22.3 Å². The second-order valence-electron chi connectivity index (χ2n) is 6.36. The van der Waals surface area contributed by atoms with E-state index >= 15 is 0 Å². The van der Waals surface area contributed by atoms with Crippen LogP contribution in [0, 0.1) is 6.92 Å². The first-order valence-electron chi connectivity index (χ1n) is 8.81. The zero-order valence-corrected chi connectivity index (χ0v) is 16.3. The SMILES string of the molecule is Cc1nc(SCC(=O)c2cnc(N3CCCCC3)s2)c2ccccc2n1. The Morgan fingerprint density at radius 1 is 1.19 bits per heavy atom. The molecule has 4 rings (SSSR count). The van der Waals surface area contributed by atoms with Gasteiger partial charge in [0.25, 0.3) is 0 Å². The highest BCUT2D eigenvalue weighted by Crippen LogP contribution is 2.29. The van der Waals surface area contributed by atoms with E-state index in [1.54, 1.807) is 6.20 Å². The lowest BCUT2D eigenvalue weighted by Gasteiger charge is -2.25. The van der Waals surface area contributed by atoms with Crippen molar-refractivity contribution < 1.29 is 4.79 Å². The molecule has 0 N–H and O–H groups in total. The van der Waals surface area contributed by atoms with E-state index in [4.69, 9.17) is 0 Å². The average Bonchev–Trinajstić information content (AvgIpc) is 3.17. The number of piperidine rings is 1. The van der Waals surface area contributed by atoms with E-state index in [0.717, 1.165) is 44.9 Å². The standard InChI is InChI=1S/C19H20N4OS2/c1-13-21-15-8-4-3-7-14(15)18(22-13)25-12-16(24)17-11-20-19(26-17)23-9-5-2-6-10-23/h3-4,7-8,11H,2,5-6,9-10,12H2,1H3. The number of aromatic nitrogens is 3. The molecule has 0 unspecified atom stereocenters. The quantitative estimate of drug-likeness (QED) is 0.370. The van der Waals surface area contributed by atoms with E-state index in [0.29, 0.717) is 5.75 Å². The van der Waals surface area contributed by atoms with E-state index in [9.17, 15) is 4.79 Å². The van der Waals surface area contributed by atoms with E-state index in [-0.39, 0.29) is 5.78 Å². The molecule has 1 saturated heterocycles. The van der Waals surface area contributed by atoms with E-state index in [2.05, 4.69) is 19.9 Å². The molecule has 5 nitrogen and oxygen atoms in total. The zero-order valence-electron chi connectivity index (χ0n) is 14.6. The number of carbonyl (C=O) groups is 1. The minimum absolute atomic E-state index is 0.108. The molecule has 0 spiro atoms. The highest BCUT2D eigenvalue weighted by molar-refractivity contribution is 8.00. The molecule has 0 saturated carbocycles. The van der Waals surface area contributed by atoms with Gasteiger partial charge in [0.15, 0.2) is 10.9 Å². The van der Waals surface area contributed by atoms with Crippen molar-refractivity contribution in [2.75, 3.05) is 23.7 Å². The topological polar surface area (TPSA) is 59.0 Å². The van der Waals surface area contributed by atoms with Gasteiger partial charge in [0.2, 0.25) is 0 Å². The largest absolute Gasteiger partial charge is 0.348 e. The van der Waals surface area contributed by atoms with Crippen LogP contribution in [0.2, 0.25) is 0 Å². The van der Waals surface area contributed by atoms with E-state index < -0.39 is 0 Å². The Labute approximate surface area is 160 Å². The minimum Gasteiger partial charge on any atom is -0.348 e. The molecule has 26 heavy (non-hydrogen) atoms. The summed E-state index contributed by atoms with van der Waals surface area (Å²) < 4.78 is 0. The Bertz CT molecular complexity index is 934. The molecule has 1 fully saturated rings. The summed E-state index contributed by atoms with van der Waals surface area (Å²) in [5.74, 6) is 1.20. The molecule has 2 aromatic heterocycles. The van der Waals surface area contributed by atoms with Crippen LogP contribution in [-0.4, -0.2) is 39.6 Å². The monoisotopic (exact) mass is 384 g/mol. The van der Waals surface area contributed by atoms with Gasteiger partial charge in [-0.15, -0.1) is 0 Å². The maximum absolute atomic E-state index is 12.6. The maximum atomic E-state index is 12.6. The second kappa shape index (κ2) is 7.72. The first-order valence-corrected chi connectivity index (χ1v) is 10.6. The third-order valence-electron chi connectivity index (χ3n) is 4.41. The molecular weight excluding hydrogens is 364 g/mol. The summed E-state index contributed by atoms with van der Waals surface area (Å²) >= 11 is 2.99. The molecule has 1 aromatic carbocycles. The van der Waals surface area contributed by atoms with Crippen LogP contribution in [0.15, 0.2) is 35.5 Å². The number of ketones is 1. The molecule has 0 amide bonds. The summed E-state index contributed by atoms with van der Waals surface area (Å²) in [4.78, 5) is 29.1.